The Hall–Kier alpha value is -1.01. The van der Waals surface area contributed by atoms with E-state index in [4.69, 9.17) is 0 Å². The Balaban J connectivity index is 2.36. The Labute approximate surface area is 112 Å². The Morgan fingerprint density at radius 3 is 2.78 bits per heavy atom. The number of benzene rings is 1. The van der Waals surface area contributed by atoms with Crippen LogP contribution in [-0.2, 0) is 4.79 Å². The molecule has 0 aliphatic carbocycles. The highest BCUT2D eigenvalue weighted by molar-refractivity contribution is 9.10. The van der Waals surface area contributed by atoms with Crippen LogP contribution in [-0.4, -0.2) is 25.5 Å². The second-order valence-corrected chi connectivity index (χ2v) is 5.05. The summed E-state index contributed by atoms with van der Waals surface area (Å²) in [5.74, 6) is -1.58. The molecule has 1 fully saturated rings. The van der Waals surface area contributed by atoms with Gasteiger partial charge in [0.15, 0.2) is 0 Å². The minimum Gasteiger partial charge on any atom is -0.309 e. The van der Waals surface area contributed by atoms with E-state index in [1.807, 2.05) is 0 Å². The Kier molecular flexibility index (Phi) is 3.97. The van der Waals surface area contributed by atoms with Crippen LogP contribution in [0.5, 0.6) is 0 Å². The number of rotatable bonds is 2. The Bertz CT molecular complexity index is 481. The first-order valence-corrected chi connectivity index (χ1v) is 6.47. The molecule has 1 N–H and O–H groups in total. The first-order valence-electron chi connectivity index (χ1n) is 5.67. The van der Waals surface area contributed by atoms with Crippen molar-refractivity contribution in [1.29, 1.82) is 0 Å². The molecule has 18 heavy (non-hydrogen) atoms. The molecule has 98 valence electrons. The first kappa shape index (κ1) is 13.4. The van der Waals surface area contributed by atoms with Crippen LogP contribution < -0.4 is 10.2 Å². The summed E-state index contributed by atoms with van der Waals surface area (Å²) < 4.78 is 27.1. The molecule has 1 amide bonds. The minimum atomic E-state index is -0.721. The maximum absolute atomic E-state index is 13.7. The summed E-state index contributed by atoms with van der Waals surface area (Å²) in [6.07, 6.45) is 1.52. The molecule has 1 heterocycles. The molecule has 1 unspecified atom stereocenters. The van der Waals surface area contributed by atoms with Crippen LogP contribution in [0.25, 0.3) is 0 Å². The zero-order valence-electron chi connectivity index (χ0n) is 9.84. The normalized spacial score (nSPS) is 20.3. The van der Waals surface area contributed by atoms with Gasteiger partial charge in [-0.1, -0.05) is 0 Å². The fourth-order valence-corrected chi connectivity index (χ4v) is 2.43. The molecule has 2 rings (SSSR count). The van der Waals surface area contributed by atoms with Crippen LogP contribution in [0, 0.1) is 11.6 Å². The summed E-state index contributed by atoms with van der Waals surface area (Å²) in [5, 5.41) is 2.90. The van der Waals surface area contributed by atoms with Crippen molar-refractivity contribution in [3.8, 4) is 0 Å². The SMILES string of the molecule is CNC1CCCN(c2cc(Br)c(F)cc2F)C1=O. The maximum Gasteiger partial charge on any atom is 0.244 e. The van der Waals surface area contributed by atoms with Crippen molar-refractivity contribution < 1.29 is 13.6 Å². The van der Waals surface area contributed by atoms with Crippen molar-refractivity contribution in [2.75, 3.05) is 18.5 Å². The van der Waals surface area contributed by atoms with Crippen LogP contribution in [0.4, 0.5) is 14.5 Å². The molecule has 1 atom stereocenters. The summed E-state index contributed by atoms with van der Waals surface area (Å²) in [6, 6.07) is 1.79. The zero-order valence-corrected chi connectivity index (χ0v) is 11.4. The number of hydrogen-bond donors (Lipinski definition) is 1. The maximum atomic E-state index is 13.7. The molecular formula is C12H13BrF2N2O. The Morgan fingerprint density at radius 2 is 2.11 bits per heavy atom. The summed E-state index contributed by atoms with van der Waals surface area (Å²) in [4.78, 5) is 13.5. The van der Waals surface area contributed by atoms with Gasteiger partial charge < -0.3 is 10.2 Å². The lowest BCUT2D eigenvalue weighted by atomic mass is 10.0. The van der Waals surface area contributed by atoms with Crippen LogP contribution >= 0.6 is 15.9 Å². The second kappa shape index (κ2) is 5.32. The van der Waals surface area contributed by atoms with Gasteiger partial charge >= 0.3 is 0 Å². The van der Waals surface area contributed by atoms with Crippen LogP contribution in [0.3, 0.4) is 0 Å². The van der Waals surface area contributed by atoms with Gasteiger partial charge in [0, 0.05) is 12.6 Å². The third-order valence-electron chi connectivity index (χ3n) is 3.07. The smallest absolute Gasteiger partial charge is 0.244 e. The lowest BCUT2D eigenvalue weighted by molar-refractivity contribution is -0.121. The molecule has 0 radical (unpaired) electrons. The zero-order chi connectivity index (χ0) is 13.3. The number of likely N-dealkylation sites (N-methyl/N-ethyl adjacent to an activating group) is 1. The summed E-state index contributed by atoms with van der Waals surface area (Å²) in [7, 11) is 1.70. The molecule has 6 heteroatoms. The van der Waals surface area contributed by atoms with Crippen molar-refractivity contribution in [1.82, 2.24) is 5.32 Å². The van der Waals surface area contributed by atoms with Gasteiger partial charge in [0.1, 0.15) is 11.6 Å². The van der Waals surface area contributed by atoms with E-state index in [-0.39, 0.29) is 22.1 Å². The number of amides is 1. The number of anilines is 1. The molecule has 1 saturated heterocycles. The van der Waals surface area contributed by atoms with E-state index >= 15 is 0 Å². The van der Waals surface area contributed by atoms with Gasteiger partial charge in [-0.05, 0) is 41.9 Å². The second-order valence-electron chi connectivity index (χ2n) is 4.19. The van der Waals surface area contributed by atoms with Gasteiger partial charge in [0.05, 0.1) is 16.2 Å². The highest BCUT2D eigenvalue weighted by Crippen LogP contribution is 2.29. The van der Waals surface area contributed by atoms with Gasteiger partial charge in [-0.2, -0.15) is 0 Å². The number of nitrogens with zero attached hydrogens (tertiary/aromatic N) is 1. The van der Waals surface area contributed by atoms with E-state index in [1.165, 1.54) is 11.0 Å². The highest BCUT2D eigenvalue weighted by Gasteiger charge is 2.30. The molecule has 3 nitrogen and oxygen atoms in total. The number of carbonyl (C=O) groups is 1. The van der Waals surface area contributed by atoms with E-state index in [2.05, 4.69) is 21.2 Å². The topological polar surface area (TPSA) is 32.3 Å². The molecule has 1 aromatic carbocycles. The number of piperidine rings is 1. The lowest BCUT2D eigenvalue weighted by Crippen LogP contribution is -2.50. The molecule has 0 saturated carbocycles. The predicted octanol–water partition coefficient (Wildman–Crippen LogP) is 2.44. The molecule has 0 spiro atoms. The minimum absolute atomic E-state index is 0.119. The lowest BCUT2D eigenvalue weighted by Gasteiger charge is -2.32. The molecule has 1 aliphatic rings. The molecule has 0 bridgehead atoms. The van der Waals surface area contributed by atoms with E-state index in [1.54, 1.807) is 7.05 Å². The van der Waals surface area contributed by atoms with Gasteiger partial charge in [0.2, 0.25) is 5.91 Å². The number of carbonyl (C=O) groups excluding carboxylic acids is 1. The fraction of sp³-hybridized carbons (Fsp3) is 0.417. The van der Waals surface area contributed by atoms with Crippen LogP contribution in [0.1, 0.15) is 12.8 Å². The predicted molar refractivity (Wildman–Crippen MR) is 68.5 cm³/mol. The number of halogens is 3. The summed E-state index contributed by atoms with van der Waals surface area (Å²) in [5.41, 5.74) is 0.119. The van der Waals surface area contributed by atoms with E-state index < -0.39 is 11.6 Å². The van der Waals surface area contributed by atoms with E-state index in [0.29, 0.717) is 6.54 Å². The molecule has 1 aromatic rings. The van der Waals surface area contributed by atoms with Crippen LogP contribution in [0.15, 0.2) is 16.6 Å². The third-order valence-corrected chi connectivity index (χ3v) is 3.68. The quantitative estimate of drug-likeness (QED) is 0.849. The number of nitrogens with one attached hydrogen (secondary N) is 1. The van der Waals surface area contributed by atoms with Crippen molar-refractivity contribution in [3.05, 3.63) is 28.2 Å². The van der Waals surface area contributed by atoms with Gasteiger partial charge in [-0.3, -0.25) is 4.79 Å². The summed E-state index contributed by atoms with van der Waals surface area (Å²) >= 11 is 3.00. The molecule has 1 aliphatic heterocycles. The standard InChI is InChI=1S/C12H13BrF2N2O/c1-16-10-3-2-4-17(12(10)18)11-5-7(13)8(14)6-9(11)15/h5-6,10,16H,2-4H2,1H3. The average molecular weight is 319 g/mol. The van der Waals surface area contributed by atoms with Crippen molar-refractivity contribution in [2.24, 2.45) is 0 Å². The largest absolute Gasteiger partial charge is 0.309 e. The number of hydrogen-bond acceptors (Lipinski definition) is 2. The first-order chi connectivity index (χ1) is 8.54. The van der Waals surface area contributed by atoms with Crippen molar-refractivity contribution in [3.63, 3.8) is 0 Å². The molecular weight excluding hydrogens is 306 g/mol. The van der Waals surface area contributed by atoms with E-state index in [0.717, 1.165) is 18.9 Å². The Morgan fingerprint density at radius 1 is 1.39 bits per heavy atom. The highest BCUT2D eigenvalue weighted by atomic mass is 79.9. The fourth-order valence-electron chi connectivity index (χ4n) is 2.10. The van der Waals surface area contributed by atoms with Crippen LogP contribution in [0.2, 0.25) is 0 Å². The van der Waals surface area contributed by atoms with Gasteiger partial charge in [-0.25, -0.2) is 8.78 Å². The van der Waals surface area contributed by atoms with Crippen molar-refractivity contribution >= 4 is 27.5 Å². The molecule has 0 aromatic heterocycles. The summed E-state index contributed by atoms with van der Waals surface area (Å²) in [6.45, 7) is 0.450. The monoisotopic (exact) mass is 318 g/mol. The van der Waals surface area contributed by atoms with E-state index in [9.17, 15) is 13.6 Å². The van der Waals surface area contributed by atoms with Gasteiger partial charge in [-0.15, -0.1) is 0 Å². The third kappa shape index (κ3) is 2.40. The van der Waals surface area contributed by atoms with Crippen molar-refractivity contribution in [2.45, 2.75) is 18.9 Å². The average Bonchev–Trinajstić information content (AvgIpc) is 2.34. The van der Waals surface area contributed by atoms with Gasteiger partial charge in [0.25, 0.3) is 0 Å².